The predicted molar refractivity (Wildman–Crippen MR) is 142 cm³/mol. The van der Waals surface area contributed by atoms with Gasteiger partial charge < -0.3 is 9.47 Å². The molecule has 0 radical (unpaired) electrons. The molecule has 0 spiro atoms. The lowest BCUT2D eigenvalue weighted by Gasteiger charge is -2.17. The van der Waals surface area contributed by atoms with E-state index in [0.717, 1.165) is 46.5 Å². The second-order valence-corrected chi connectivity index (χ2v) is 8.97. The third kappa shape index (κ3) is 4.70. The van der Waals surface area contributed by atoms with Crippen molar-refractivity contribution in [2.75, 3.05) is 18.0 Å². The molecule has 2 heterocycles. The number of aromatic nitrogens is 1. The number of hydrogen-bond acceptors (Lipinski definition) is 5. The molecule has 4 aromatic rings. The van der Waals surface area contributed by atoms with Crippen molar-refractivity contribution in [2.45, 2.75) is 26.3 Å². The number of carbonyl (C=O) groups is 1. The van der Waals surface area contributed by atoms with Gasteiger partial charge in [0.2, 0.25) is 0 Å². The first-order chi connectivity index (χ1) is 17.5. The van der Waals surface area contributed by atoms with E-state index < -0.39 is 4.92 Å². The van der Waals surface area contributed by atoms with Crippen LogP contribution in [0.25, 0.3) is 10.9 Å². The van der Waals surface area contributed by atoms with Gasteiger partial charge in [0.1, 0.15) is 0 Å². The molecule has 1 saturated heterocycles. The molecule has 182 valence electrons. The normalized spacial score (nSPS) is 13.5. The fraction of sp³-hybridized carbons (Fsp3) is 0.214. The quantitative estimate of drug-likeness (QED) is 0.221. The van der Waals surface area contributed by atoms with E-state index in [4.69, 9.17) is 0 Å². The van der Waals surface area contributed by atoms with Gasteiger partial charge in [0.25, 0.3) is 11.6 Å². The molecular formula is C28H27N5O3. The summed E-state index contributed by atoms with van der Waals surface area (Å²) in [7, 11) is 0. The lowest BCUT2D eigenvalue weighted by molar-refractivity contribution is -0.384. The van der Waals surface area contributed by atoms with Crippen LogP contribution >= 0.6 is 0 Å². The van der Waals surface area contributed by atoms with Gasteiger partial charge in [-0.1, -0.05) is 30.3 Å². The lowest BCUT2D eigenvalue weighted by atomic mass is 10.1. The number of nitrogens with one attached hydrogen (secondary N) is 1. The highest BCUT2D eigenvalue weighted by atomic mass is 16.6. The molecule has 1 aromatic heterocycles. The maximum Gasteiger partial charge on any atom is 0.271 e. The maximum absolute atomic E-state index is 12.6. The zero-order valence-corrected chi connectivity index (χ0v) is 20.1. The van der Waals surface area contributed by atoms with Crippen LogP contribution in [0.2, 0.25) is 0 Å². The second-order valence-electron chi connectivity index (χ2n) is 8.97. The van der Waals surface area contributed by atoms with Gasteiger partial charge in [0.15, 0.2) is 0 Å². The van der Waals surface area contributed by atoms with Crippen molar-refractivity contribution in [2.24, 2.45) is 5.10 Å². The van der Waals surface area contributed by atoms with E-state index in [9.17, 15) is 14.9 Å². The minimum atomic E-state index is -0.398. The zero-order valence-electron chi connectivity index (χ0n) is 20.1. The molecule has 1 amide bonds. The summed E-state index contributed by atoms with van der Waals surface area (Å²) in [6, 6.07) is 22.2. The summed E-state index contributed by atoms with van der Waals surface area (Å²) >= 11 is 0. The molecule has 36 heavy (non-hydrogen) atoms. The Labute approximate surface area is 209 Å². The van der Waals surface area contributed by atoms with E-state index in [1.807, 2.05) is 55.5 Å². The summed E-state index contributed by atoms with van der Waals surface area (Å²) in [6.07, 6.45) is 4.10. The molecule has 1 N–H and O–H groups in total. The summed E-state index contributed by atoms with van der Waals surface area (Å²) in [5.74, 6) is -0.258. The topological polar surface area (TPSA) is 92.8 Å². The first-order valence-electron chi connectivity index (χ1n) is 12.0. The first-order valence-corrected chi connectivity index (χ1v) is 12.0. The Bertz CT molecular complexity index is 1430. The molecule has 1 aliphatic rings. The number of para-hydroxylation sites is 1. The van der Waals surface area contributed by atoms with Gasteiger partial charge in [-0.3, -0.25) is 14.9 Å². The Morgan fingerprint density at radius 2 is 1.72 bits per heavy atom. The van der Waals surface area contributed by atoms with Gasteiger partial charge in [0, 0.05) is 65.2 Å². The van der Waals surface area contributed by atoms with Crippen molar-refractivity contribution in [3.05, 3.63) is 105 Å². The average molecular weight is 482 g/mol. The number of hydrogen-bond donors (Lipinski definition) is 1. The molecule has 0 aliphatic carbocycles. The van der Waals surface area contributed by atoms with E-state index in [-0.39, 0.29) is 11.6 Å². The summed E-state index contributed by atoms with van der Waals surface area (Å²) in [5.41, 5.74) is 8.31. The predicted octanol–water partition coefficient (Wildman–Crippen LogP) is 5.27. The van der Waals surface area contributed by atoms with Crippen molar-refractivity contribution in [1.82, 2.24) is 9.99 Å². The monoisotopic (exact) mass is 481 g/mol. The minimum absolute atomic E-state index is 0.0714. The molecule has 8 nitrogen and oxygen atoms in total. The van der Waals surface area contributed by atoms with Crippen LogP contribution in [0.3, 0.4) is 0 Å². The number of nitro benzene ring substituents is 1. The standard InChI is InChI=1S/C28H27N5O3/c1-20-26(18-29-30-28(34)22-10-14-23(15-11-22)31-16-4-5-17-31)25-6-2-3-7-27(25)32(20)19-21-8-12-24(13-9-21)33(35)36/h2-3,6-15,18H,4-5,16-17,19H2,1H3,(H,30,34)/b29-18-. The number of amides is 1. The minimum Gasteiger partial charge on any atom is -0.372 e. The van der Waals surface area contributed by atoms with Gasteiger partial charge in [-0.2, -0.15) is 5.10 Å². The smallest absolute Gasteiger partial charge is 0.271 e. The van der Waals surface area contributed by atoms with Crippen molar-refractivity contribution in [3.8, 4) is 0 Å². The van der Waals surface area contributed by atoms with Crippen molar-refractivity contribution >= 4 is 34.4 Å². The van der Waals surface area contributed by atoms with Crippen molar-refractivity contribution in [1.29, 1.82) is 0 Å². The van der Waals surface area contributed by atoms with E-state index in [0.29, 0.717) is 12.1 Å². The summed E-state index contributed by atoms with van der Waals surface area (Å²) in [5, 5.41) is 16.2. The number of anilines is 1. The number of nitro groups is 1. The molecular weight excluding hydrogens is 454 g/mol. The molecule has 0 unspecified atom stereocenters. The number of rotatable bonds is 7. The fourth-order valence-electron chi connectivity index (χ4n) is 4.75. The fourth-order valence-corrected chi connectivity index (χ4v) is 4.75. The Morgan fingerprint density at radius 1 is 1.03 bits per heavy atom. The lowest BCUT2D eigenvalue weighted by Crippen LogP contribution is -2.19. The Morgan fingerprint density at radius 3 is 2.42 bits per heavy atom. The SMILES string of the molecule is Cc1c(/C=N\NC(=O)c2ccc(N3CCCC3)cc2)c2ccccc2n1Cc1ccc([N+](=O)[O-])cc1. The van der Waals surface area contributed by atoms with Crippen LogP contribution in [0.1, 0.15) is 40.0 Å². The highest BCUT2D eigenvalue weighted by molar-refractivity contribution is 6.02. The molecule has 8 heteroatoms. The summed E-state index contributed by atoms with van der Waals surface area (Å²) in [4.78, 5) is 25.5. The molecule has 1 fully saturated rings. The van der Waals surface area contributed by atoms with Crippen LogP contribution in [0.15, 0.2) is 77.9 Å². The number of nitrogens with zero attached hydrogens (tertiary/aromatic N) is 4. The molecule has 1 aliphatic heterocycles. The molecule has 3 aromatic carbocycles. The maximum atomic E-state index is 12.6. The van der Waals surface area contributed by atoms with Crippen LogP contribution in [-0.4, -0.2) is 34.7 Å². The highest BCUT2D eigenvalue weighted by Gasteiger charge is 2.15. The number of hydrazone groups is 1. The zero-order chi connectivity index (χ0) is 25.1. The van der Waals surface area contributed by atoms with Crippen LogP contribution < -0.4 is 10.3 Å². The van der Waals surface area contributed by atoms with Crippen molar-refractivity contribution < 1.29 is 9.72 Å². The van der Waals surface area contributed by atoms with Gasteiger partial charge in [-0.15, -0.1) is 0 Å². The van der Waals surface area contributed by atoms with E-state index >= 15 is 0 Å². The highest BCUT2D eigenvalue weighted by Crippen LogP contribution is 2.26. The van der Waals surface area contributed by atoms with Gasteiger partial charge in [-0.25, -0.2) is 5.43 Å². The van der Waals surface area contributed by atoms with Gasteiger partial charge in [0.05, 0.1) is 11.1 Å². The van der Waals surface area contributed by atoms with Crippen LogP contribution in [-0.2, 0) is 6.54 Å². The number of benzene rings is 3. The molecule has 0 bridgehead atoms. The van der Waals surface area contributed by atoms with Crippen LogP contribution in [0, 0.1) is 17.0 Å². The molecule has 5 rings (SSSR count). The van der Waals surface area contributed by atoms with Crippen LogP contribution in [0.4, 0.5) is 11.4 Å². The van der Waals surface area contributed by atoms with Crippen LogP contribution in [0.5, 0.6) is 0 Å². The van der Waals surface area contributed by atoms with E-state index in [1.54, 1.807) is 18.3 Å². The molecule has 0 saturated carbocycles. The van der Waals surface area contributed by atoms with Gasteiger partial charge in [-0.05, 0) is 55.7 Å². The largest absolute Gasteiger partial charge is 0.372 e. The Balaban J connectivity index is 1.33. The third-order valence-corrected chi connectivity index (χ3v) is 6.73. The summed E-state index contributed by atoms with van der Waals surface area (Å²) in [6.45, 7) is 4.69. The average Bonchev–Trinajstić information content (AvgIpc) is 3.53. The van der Waals surface area contributed by atoms with Gasteiger partial charge >= 0.3 is 0 Å². The van der Waals surface area contributed by atoms with E-state index in [2.05, 4.69) is 20.0 Å². The van der Waals surface area contributed by atoms with E-state index in [1.165, 1.54) is 25.0 Å². The Hall–Kier alpha value is -4.46. The number of carbonyl (C=O) groups excluding carboxylic acids is 1. The third-order valence-electron chi connectivity index (χ3n) is 6.73. The summed E-state index contributed by atoms with van der Waals surface area (Å²) < 4.78 is 2.15. The first kappa shape index (κ1) is 23.3. The Kier molecular flexibility index (Phi) is 6.49. The second kappa shape index (κ2) is 10.0. The number of fused-ring (bicyclic) bond motifs is 1. The van der Waals surface area contributed by atoms with Crippen molar-refractivity contribution in [3.63, 3.8) is 0 Å². The number of non-ortho nitro benzene ring substituents is 1. The molecule has 0 atom stereocenters.